The van der Waals surface area contributed by atoms with Crippen LogP contribution in [0.5, 0.6) is 0 Å². The lowest BCUT2D eigenvalue weighted by molar-refractivity contribution is 0.102. The molecule has 0 radical (unpaired) electrons. The maximum absolute atomic E-state index is 13.1. The molecule has 3 aromatic rings. The molecule has 8 heteroatoms. The number of aryl methyl sites for hydroxylation is 1. The number of anilines is 2. The van der Waals surface area contributed by atoms with Crippen LogP contribution < -0.4 is 10.6 Å². The predicted octanol–water partition coefficient (Wildman–Crippen LogP) is 4.63. The zero-order valence-corrected chi connectivity index (χ0v) is 18.0. The van der Waals surface area contributed by atoms with E-state index in [1.165, 1.54) is 6.33 Å². The van der Waals surface area contributed by atoms with Crippen LogP contribution in [-0.2, 0) is 6.54 Å². The van der Waals surface area contributed by atoms with E-state index in [9.17, 15) is 4.79 Å². The highest BCUT2D eigenvalue weighted by atomic mass is 16.3. The molecule has 0 saturated heterocycles. The molecule has 4 rings (SSSR count). The van der Waals surface area contributed by atoms with E-state index in [1.54, 1.807) is 30.1 Å². The number of carbonyl (C=O) groups excluding carboxylic acids is 1. The molecule has 1 fully saturated rings. The summed E-state index contributed by atoms with van der Waals surface area (Å²) in [5.74, 6) is 0.837. The first-order valence-electron chi connectivity index (χ1n) is 10.2. The van der Waals surface area contributed by atoms with Crippen molar-refractivity contribution in [3.05, 3.63) is 66.5 Å². The van der Waals surface area contributed by atoms with Crippen molar-refractivity contribution in [1.29, 1.82) is 0 Å². The maximum atomic E-state index is 13.1. The molecule has 1 aliphatic rings. The molecule has 0 atom stereocenters. The molecule has 31 heavy (non-hydrogen) atoms. The molecule has 160 valence electrons. The minimum atomic E-state index is -0.282. The fourth-order valence-electron chi connectivity index (χ4n) is 3.33. The Morgan fingerprint density at radius 1 is 1.35 bits per heavy atom. The zero-order valence-electron chi connectivity index (χ0n) is 18.0. The second kappa shape index (κ2) is 8.22. The average Bonchev–Trinajstić information content (AvgIpc) is 3.12. The number of furan rings is 1. The minimum absolute atomic E-state index is 0.00752. The lowest BCUT2D eigenvalue weighted by Crippen LogP contribution is -2.18. The number of allylic oxidation sites excluding steroid dienone is 5. The van der Waals surface area contributed by atoms with Crippen molar-refractivity contribution in [2.45, 2.75) is 45.7 Å². The van der Waals surface area contributed by atoms with E-state index < -0.39 is 0 Å². The van der Waals surface area contributed by atoms with Crippen LogP contribution in [0, 0.1) is 6.92 Å². The van der Waals surface area contributed by atoms with Gasteiger partial charge >= 0.3 is 0 Å². The number of amides is 1. The molecule has 0 unspecified atom stereocenters. The molecule has 2 N–H and O–H groups in total. The van der Waals surface area contributed by atoms with Gasteiger partial charge in [-0.2, -0.15) is 5.10 Å². The van der Waals surface area contributed by atoms with Gasteiger partial charge in [-0.3, -0.25) is 9.48 Å². The second-order valence-electron chi connectivity index (χ2n) is 8.14. The van der Waals surface area contributed by atoms with Gasteiger partial charge in [0.15, 0.2) is 0 Å². The lowest BCUT2D eigenvalue weighted by atomic mass is 10.1. The van der Waals surface area contributed by atoms with Gasteiger partial charge in [-0.1, -0.05) is 36.5 Å². The smallest absolute Gasteiger partial charge is 0.260 e. The van der Waals surface area contributed by atoms with Crippen molar-refractivity contribution in [1.82, 2.24) is 19.7 Å². The van der Waals surface area contributed by atoms with Gasteiger partial charge < -0.3 is 15.1 Å². The van der Waals surface area contributed by atoms with E-state index in [0.717, 1.165) is 18.4 Å². The summed E-state index contributed by atoms with van der Waals surface area (Å²) in [5, 5.41) is 11.3. The van der Waals surface area contributed by atoms with Crippen molar-refractivity contribution >= 4 is 28.5 Å². The van der Waals surface area contributed by atoms with Crippen LogP contribution in [0.2, 0.25) is 0 Å². The molecular weight excluding hydrogens is 392 g/mol. The van der Waals surface area contributed by atoms with E-state index in [0.29, 0.717) is 40.5 Å². The van der Waals surface area contributed by atoms with Gasteiger partial charge in [-0.15, -0.1) is 0 Å². The molecule has 0 bridgehead atoms. The van der Waals surface area contributed by atoms with Gasteiger partial charge in [0.05, 0.1) is 29.4 Å². The summed E-state index contributed by atoms with van der Waals surface area (Å²) in [6, 6.07) is 0. The van der Waals surface area contributed by atoms with Crippen LogP contribution in [0.15, 0.2) is 59.6 Å². The molecule has 1 aliphatic carbocycles. The number of fused-ring (bicyclic) bond motifs is 1. The van der Waals surface area contributed by atoms with Crippen LogP contribution in [0.25, 0.3) is 11.1 Å². The Balaban J connectivity index is 1.55. The van der Waals surface area contributed by atoms with Crippen LogP contribution in [0.3, 0.4) is 0 Å². The third-order valence-corrected chi connectivity index (χ3v) is 5.24. The Labute approximate surface area is 180 Å². The van der Waals surface area contributed by atoms with Crippen molar-refractivity contribution in [2.75, 3.05) is 10.6 Å². The fraction of sp³-hybridized carbons (Fsp3) is 0.304. The topological polar surface area (TPSA) is 97.9 Å². The second-order valence-corrected chi connectivity index (χ2v) is 8.14. The molecule has 1 saturated carbocycles. The summed E-state index contributed by atoms with van der Waals surface area (Å²) >= 11 is 0. The summed E-state index contributed by atoms with van der Waals surface area (Å²) in [6.45, 7) is 10.2. The van der Waals surface area contributed by atoms with E-state index in [4.69, 9.17) is 4.42 Å². The third-order valence-electron chi connectivity index (χ3n) is 5.24. The van der Waals surface area contributed by atoms with Gasteiger partial charge in [0.25, 0.3) is 5.91 Å². The van der Waals surface area contributed by atoms with Crippen LogP contribution in [0.1, 0.15) is 42.8 Å². The Kier molecular flexibility index (Phi) is 5.46. The van der Waals surface area contributed by atoms with Crippen LogP contribution in [0.4, 0.5) is 11.5 Å². The van der Waals surface area contributed by atoms with Gasteiger partial charge in [-0.05, 0) is 33.6 Å². The third kappa shape index (κ3) is 4.58. The number of aromatic nitrogens is 4. The van der Waals surface area contributed by atoms with E-state index in [-0.39, 0.29) is 11.4 Å². The quantitative estimate of drug-likeness (QED) is 0.518. The summed E-state index contributed by atoms with van der Waals surface area (Å²) < 4.78 is 7.52. The van der Waals surface area contributed by atoms with Gasteiger partial charge in [0.2, 0.25) is 5.71 Å². The summed E-state index contributed by atoms with van der Waals surface area (Å²) in [4.78, 5) is 21.7. The lowest BCUT2D eigenvalue weighted by Gasteiger charge is -2.13. The normalized spacial score (nSPS) is 15.4. The summed E-state index contributed by atoms with van der Waals surface area (Å²) in [6.07, 6.45) is 14.5. The molecule has 3 heterocycles. The van der Waals surface area contributed by atoms with Gasteiger partial charge in [0.1, 0.15) is 17.9 Å². The Bertz CT molecular complexity index is 1200. The highest BCUT2D eigenvalue weighted by Crippen LogP contribution is 2.40. The molecule has 8 nitrogen and oxygen atoms in total. The van der Waals surface area contributed by atoms with Gasteiger partial charge in [-0.25, -0.2) is 9.97 Å². The van der Waals surface area contributed by atoms with E-state index in [2.05, 4.69) is 39.2 Å². The van der Waals surface area contributed by atoms with Crippen molar-refractivity contribution in [3.63, 3.8) is 0 Å². The van der Waals surface area contributed by atoms with Crippen molar-refractivity contribution in [2.24, 2.45) is 0 Å². The van der Waals surface area contributed by atoms with E-state index >= 15 is 0 Å². The Morgan fingerprint density at radius 2 is 2.16 bits per heavy atom. The molecule has 3 aromatic heterocycles. The highest BCUT2D eigenvalue weighted by Gasteiger charge is 2.38. The van der Waals surface area contributed by atoms with Crippen LogP contribution >= 0.6 is 0 Å². The number of hydrogen-bond donors (Lipinski definition) is 2. The number of nitrogens with one attached hydrogen (secondary N) is 2. The molecule has 0 aliphatic heterocycles. The summed E-state index contributed by atoms with van der Waals surface area (Å²) in [7, 11) is 0. The fourth-order valence-corrected chi connectivity index (χ4v) is 3.33. The highest BCUT2D eigenvalue weighted by molar-refractivity contribution is 6.15. The van der Waals surface area contributed by atoms with Gasteiger partial charge in [0, 0.05) is 11.7 Å². The first-order valence-corrected chi connectivity index (χ1v) is 10.2. The monoisotopic (exact) mass is 418 g/mol. The molecule has 0 spiro atoms. The SMILES string of the molecule is C=C/C=C\C=C(/C)Cn1cc(NC(=O)c2c(C)oc3ncnc(NC4(C)CC4)c23)cn1. The standard InChI is InChI=1S/C23H26N6O2/c1-5-6-7-8-15(2)12-29-13-17(11-26-29)27-21(30)18-16(3)31-22-19(18)20(24-14-25-22)28-23(4)9-10-23/h5-8,11,13-14H,1,9-10,12H2,2-4H3,(H,27,30)(H,24,25,28)/b7-6-,15-8+. The predicted molar refractivity (Wildman–Crippen MR) is 121 cm³/mol. The number of rotatable bonds is 8. The molecule has 0 aromatic carbocycles. The molecule has 1 amide bonds. The van der Waals surface area contributed by atoms with E-state index in [1.807, 2.05) is 25.2 Å². The first-order chi connectivity index (χ1) is 14.9. The summed E-state index contributed by atoms with van der Waals surface area (Å²) in [5.41, 5.74) is 2.56. The van der Waals surface area contributed by atoms with Crippen LogP contribution in [-0.4, -0.2) is 31.2 Å². The largest absolute Gasteiger partial charge is 0.442 e. The Morgan fingerprint density at radius 3 is 2.90 bits per heavy atom. The van der Waals surface area contributed by atoms with Crippen molar-refractivity contribution in [3.8, 4) is 0 Å². The molecular formula is C23H26N6O2. The number of carbonyl (C=O) groups is 1. The number of nitrogens with zero attached hydrogens (tertiary/aromatic N) is 4. The Hall–Kier alpha value is -3.68. The number of hydrogen-bond acceptors (Lipinski definition) is 6. The average molecular weight is 419 g/mol. The first kappa shape index (κ1) is 20.6. The maximum Gasteiger partial charge on any atom is 0.260 e. The zero-order chi connectivity index (χ0) is 22.0. The van der Waals surface area contributed by atoms with Crippen molar-refractivity contribution < 1.29 is 9.21 Å². The minimum Gasteiger partial charge on any atom is -0.442 e.